The van der Waals surface area contributed by atoms with Crippen LogP contribution in [0, 0.1) is 0 Å². The molecular formula is C16H24N2O3. The molecule has 1 amide bonds. The standard InChI is InChI=1S/C16H24N2O3/c1-4-12(3)17-10-15(19)18-14-7-5-13(6-8-14)11(2)9-16(20)21/h5-8,11-12,17H,4,9-10H2,1-3H3,(H,18,19)(H,20,21). The molecular weight excluding hydrogens is 268 g/mol. The van der Waals surface area contributed by atoms with Crippen LogP contribution in [-0.2, 0) is 9.59 Å². The van der Waals surface area contributed by atoms with Crippen molar-refractivity contribution in [3.05, 3.63) is 29.8 Å². The fraction of sp³-hybridized carbons (Fsp3) is 0.500. The van der Waals surface area contributed by atoms with Crippen molar-refractivity contribution < 1.29 is 14.7 Å². The van der Waals surface area contributed by atoms with E-state index in [4.69, 9.17) is 5.11 Å². The molecule has 0 radical (unpaired) electrons. The number of carboxylic acids is 1. The molecule has 0 spiro atoms. The van der Waals surface area contributed by atoms with Gasteiger partial charge < -0.3 is 15.7 Å². The second-order valence-corrected chi connectivity index (χ2v) is 5.36. The molecule has 21 heavy (non-hydrogen) atoms. The minimum Gasteiger partial charge on any atom is -0.481 e. The first-order valence-electron chi connectivity index (χ1n) is 7.27. The summed E-state index contributed by atoms with van der Waals surface area (Å²) in [6.45, 7) is 6.25. The van der Waals surface area contributed by atoms with E-state index in [0.29, 0.717) is 6.04 Å². The zero-order valence-corrected chi connectivity index (χ0v) is 12.8. The number of rotatable bonds is 8. The molecule has 0 aliphatic heterocycles. The highest BCUT2D eigenvalue weighted by Crippen LogP contribution is 2.20. The number of benzene rings is 1. The molecule has 5 heteroatoms. The van der Waals surface area contributed by atoms with Crippen LogP contribution in [0.4, 0.5) is 5.69 Å². The number of amides is 1. The summed E-state index contributed by atoms with van der Waals surface area (Å²) >= 11 is 0. The molecule has 0 aliphatic carbocycles. The number of carbonyl (C=O) groups excluding carboxylic acids is 1. The predicted molar refractivity (Wildman–Crippen MR) is 83.5 cm³/mol. The fourth-order valence-corrected chi connectivity index (χ4v) is 1.89. The van der Waals surface area contributed by atoms with Crippen LogP contribution in [0.25, 0.3) is 0 Å². The van der Waals surface area contributed by atoms with Gasteiger partial charge >= 0.3 is 5.97 Å². The second-order valence-electron chi connectivity index (χ2n) is 5.36. The topological polar surface area (TPSA) is 78.4 Å². The Kier molecular flexibility index (Phi) is 6.88. The summed E-state index contributed by atoms with van der Waals surface area (Å²) in [5.74, 6) is -0.933. The van der Waals surface area contributed by atoms with Gasteiger partial charge in [0, 0.05) is 11.7 Å². The molecule has 2 atom stereocenters. The van der Waals surface area contributed by atoms with Gasteiger partial charge in [0.2, 0.25) is 5.91 Å². The van der Waals surface area contributed by atoms with Gasteiger partial charge in [-0.2, -0.15) is 0 Å². The molecule has 3 N–H and O–H groups in total. The Bertz CT molecular complexity index is 471. The quantitative estimate of drug-likeness (QED) is 0.688. The van der Waals surface area contributed by atoms with Gasteiger partial charge in [-0.05, 0) is 37.0 Å². The lowest BCUT2D eigenvalue weighted by Gasteiger charge is -2.12. The van der Waals surface area contributed by atoms with E-state index in [1.807, 2.05) is 26.0 Å². The van der Waals surface area contributed by atoms with Crippen molar-refractivity contribution in [1.82, 2.24) is 5.32 Å². The summed E-state index contributed by atoms with van der Waals surface area (Å²) in [7, 11) is 0. The first kappa shape index (κ1) is 17.2. The summed E-state index contributed by atoms with van der Waals surface area (Å²) < 4.78 is 0. The molecule has 0 fully saturated rings. The number of carbonyl (C=O) groups is 2. The maximum atomic E-state index is 11.7. The Labute approximate surface area is 125 Å². The Morgan fingerprint density at radius 3 is 2.33 bits per heavy atom. The highest BCUT2D eigenvalue weighted by Gasteiger charge is 2.10. The van der Waals surface area contributed by atoms with Crippen LogP contribution in [0.15, 0.2) is 24.3 Å². The molecule has 1 aromatic rings. The van der Waals surface area contributed by atoms with Crippen LogP contribution in [0.3, 0.4) is 0 Å². The number of hydrogen-bond donors (Lipinski definition) is 3. The molecule has 0 aromatic heterocycles. The first-order valence-corrected chi connectivity index (χ1v) is 7.27. The Balaban J connectivity index is 2.50. The van der Waals surface area contributed by atoms with Crippen LogP contribution in [0.5, 0.6) is 0 Å². The maximum Gasteiger partial charge on any atom is 0.303 e. The molecule has 0 heterocycles. The normalized spacial score (nSPS) is 13.5. The third-order valence-electron chi connectivity index (χ3n) is 3.47. The largest absolute Gasteiger partial charge is 0.481 e. The highest BCUT2D eigenvalue weighted by atomic mass is 16.4. The summed E-state index contributed by atoms with van der Waals surface area (Å²) in [5, 5.41) is 14.7. The average Bonchev–Trinajstić information content (AvgIpc) is 2.44. The minimum atomic E-state index is -0.809. The van der Waals surface area contributed by atoms with Crippen LogP contribution in [0.2, 0.25) is 0 Å². The SMILES string of the molecule is CCC(C)NCC(=O)Nc1ccc(C(C)CC(=O)O)cc1. The van der Waals surface area contributed by atoms with Crippen molar-refractivity contribution in [3.63, 3.8) is 0 Å². The summed E-state index contributed by atoms with van der Waals surface area (Å²) in [6.07, 6.45) is 1.08. The van der Waals surface area contributed by atoms with E-state index in [-0.39, 0.29) is 24.8 Å². The van der Waals surface area contributed by atoms with Gasteiger partial charge in [0.25, 0.3) is 0 Å². The zero-order chi connectivity index (χ0) is 15.8. The molecule has 5 nitrogen and oxygen atoms in total. The Hall–Kier alpha value is -1.88. The van der Waals surface area contributed by atoms with Gasteiger partial charge in [-0.25, -0.2) is 0 Å². The van der Waals surface area contributed by atoms with Gasteiger partial charge in [-0.15, -0.1) is 0 Å². The Morgan fingerprint density at radius 2 is 1.81 bits per heavy atom. The number of carboxylic acid groups (broad SMARTS) is 1. The van der Waals surface area contributed by atoms with E-state index in [1.165, 1.54) is 0 Å². The predicted octanol–water partition coefficient (Wildman–Crippen LogP) is 2.59. The van der Waals surface area contributed by atoms with E-state index in [2.05, 4.69) is 17.6 Å². The second kappa shape index (κ2) is 8.42. The molecule has 0 saturated heterocycles. The molecule has 0 saturated carbocycles. The van der Waals surface area contributed by atoms with Crippen LogP contribution >= 0.6 is 0 Å². The minimum absolute atomic E-state index is 0.0423. The number of anilines is 1. The van der Waals surface area contributed by atoms with Gasteiger partial charge in [0.1, 0.15) is 0 Å². The van der Waals surface area contributed by atoms with Gasteiger partial charge in [0.15, 0.2) is 0 Å². The number of aliphatic carboxylic acids is 1. The van der Waals surface area contributed by atoms with Gasteiger partial charge in [-0.1, -0.05) is 26.0 Å². The van der Waals surface area contributed by atoms with Crippen molar-refractivity contribution in [2.75, 3.05) is 11.9 Å². The molecule has 116 valence electrons. The van der Waals surface area contributed by atoms with E-state index >= 15 is 0 Å². The third kappa shape index (κ3) is 6.40. The van der Waals surface area contributed by atoms with Crippen molar-refractivity contribution in [2.24, 2.45) is 0 Å². The summed E-state index contributed by atoms with van der Waals surface area (Å²) in [6, 6.07) is 7.62. The van der Waals surface area contributed by atoms with E-state index in [1.54, 1.807) is 12.1 Å². The first-order chi connectivity index (χ1) is 9.92. The van der Waals surface area contributed by atoms with Gasteiger partial charge in [0.05, 0.1) is 13.0 Å². The highest BCUT2D eigenvalue weighted by molar-refractivity contribution is 5.92. The zero-order valence-electron chi connectivity index (χ0n) is 12.8. The van der Waals surface area contributed by atoms with Crippen molar-refractivity contribution in [3.8, 4) is 0 Å². The van der Waals surface area contributed by atoms with Crippen molar-refractivity contribution >= 4 is 17.6 Å². The van der Waals surface area contributed by atoms with E-state index in [0.717, 1.165) is 17.7 Å². The fourth-order valence-electron chi connectivity index (χ4n) is 1.89. The molecule has 1 aromatic carbocycles. The number of hydrogen-bond acceptors (Lipinski definition) is 3. The summed E-state index contributed by atoms with van der Waals surface area (Å²) in [5.41, 5.74) is 1.67. The van der Waals surface area contributed by atoms with Crippen LogP contribution in [-0.4, -0.2) is 29.6 Å². The maximum absolute atomic E-state index is 11.7. The lowest BCUT2D eigenvalue weighted by atomic mass is 9.98. The smallest absolute Gasteiger partial charge is 0.303 e. The monoisotopic (exact) mass is 292 g/mol. The van der Waals surface area contributed by atoms with Crippen LogP contribution < -0.4 is 10.6 Å². The average molecular weight is 292 g/mol. The van der Waals surface area contributed by atoms with Crippen molar-refractivity contribution in [1.29, 1.82) is 0 Å². The lowest BCUT2D eigenvalue weighted by molar-refractivity contribution is -0.137. The molecule has 2 unspecified atom stereocenters. The third-order valence-corrected chi connectivity index (χ3v) is 3.47. The van der Waals surface area contributed by atoms with E-state index in [9.17, 15) is 9.59 Å². The summed E-state index contributed by atoms with van der Waals surface area (Å²) in [4.78, 5) is 22.4. The van der Waals surface area contributed by atoms with Gasteiger partial charge in [-0.3, -0.25) is 9.59 Å². The molecule has 0 aliphatic rings. The van der Waals surface area contributed by atoms with Crippen LogP contribution in [0.1, 0.15) is 45.1 Å². The number of nitrogens with one attached hydrogen (secondary N) is 2. The Morgan fingerprint density at radius 1 is 1.19 bits per heavy atom. The lowest BCUT2D eigenvalue weighted by Crippen LogP contribution is -2.33. The molecule has 1 rings (SSSR count). The van der Waals surface area contributed by atoms with Crippen molar-refractivity contribution in [2.45, 2.75) is 45.6 Å². The molecule has 0 bridgehead atoms. The van der Waals surface area contributed by atoms with E-state index < -0.39 is 5.97 Å².